The van der Waals surface area contributed by atoms with E-state index in [4.69, 9.17) is 0 Å². The topological polar surface area (TPSA) is 136 Å². The van der Waals surface area contributed by atoms with Gasteiger partial charge in [-0.1, -0.05) is 0 Å². The van der Waals surface area contributed by atoms with E-state index in [0.717, 1.165) is 85.6 Å². The molecule has 9 nitrogen and oxygen atoms in total. The number of carbonyl (C=O) groups excluding carboxylic acids is 3. The molecule has 0 aromatic carbocycles. The number of nitriles is 3. The van der Waals surface area contributed by atoms with Gasteiger partial charge in [0.15, 0.2) is 17.3 Å². The van der Waals surface area contributed by atoms with Crippen molar-refractivity contribution >= 4 is 81.7 Å². The number of aryl methyl sites for hydroxylation is 3. The maximum atomic E-state index is 12.3. The van der Waals surface area contributed by atoms with Crippen LogP contribution < -0.4 is 0 Å². The number of aromatic nitrogens is 3. The Morgan fingerprint density at radius 1 is 0.500 bits per heavy atom. The summed E-state index contributed by atoms with van der Waals surface area (Å²) in [7, 11) is 0. The number of fused-ring (bicyclic) bond motifs is 3. The molecular formula is C42H33Br3N6O3. The third kappa shape index (κ3) is 6.86. The highest BCUT2D eigenvalue weighted by molar-refractivity contribution is 9.11. The van der Waals surface area contributed by atoms with E-state index in [1.165, 1.54) is 0 Å². The van der Waals surface area contributed by atoms with E-state index in [9.17, 15) is 30.2 Å². The van der Waals surface area contributed by atoms with E-state index in [2.05, 4.69) is 66.0 Å². The third-order valence-corrected chi connectivity index (χ3v) is 12.0. The molecule has 6 heterocycles. The molecule has 0 unspecified atom stereocenters. The lowest BCUT2D eigenvalue weighted by Gasteiger charge is -2.06. The van der Waals surface area contributed by atoms with Crippen LogP contribution in [0.15, 0.2) is 68.0 Å². The van der Waals surface area contributed by atoms with Gasteiger partial charge < -0.3 is 13.2 Å². The first kappa shape index (κ1) is 37.5. The Labute approximate surface area is 337 Å². The number of carbonyl (C=O) groups is 3. The predicted molar refractivity (Wildman–Crippen MR) is 215 cm³/mol. The van der Waals surface area contributed by atoms with E-state index in [1.54, 1.807) is 18.2 Å². The van der Waals surface area contributed by atoms with Crippen LogP contribution in [-0.2, 0) is 0 Å². The van der Waals surface area contributed by atoms with Crippen molar-refractivity contribution < 1.29 is 14.4 Å². The lowest BCUT2D eigenvalue weighted by atomic mass is 10.2. The molecule has 0 radical (unpaired) electrons. The summed E-state index contributed by atoms with van der Waals surface area (Å²) in [5.74, 6) is 0.960. The first-order valence-corrected chi connectivity index (χ1v) is 20.0. The monoisotopic (exact) mass is 906 g/mol. The van der Waals surface area contributed by atoms with Gasteiger partial charge in [-0.2, -0.15) is 15.8 Å². The Hall–Kier alpha value is -4.80. The molecule has 3 fully saturated rings. The number of ketones is 3. The van der Waals surface area contributed by atoms with Crippen molar-refractivity contribution in [3.05, 3.63) is 119 Å². The zero-order valence-corrected chi connectivity index (χ0v) is 34.5. The summed E-state index contributed by atoms with van der Waals surface area (Å²) < 4.78 is 8.22. The fourth-order valence-electron chi connectivity index (χ4n) is 6.84. The number of rotatable bonds is 6. The zero-order valence-electron chi connectivity index (χ0n) is 29.7. The lowest BCUT2D eigenvalue weighted by Crippen LogP contribution is -2.07. The van der Waals surface area contributed by atoms with Crippen molar-refractivity contribution in [3.8, 4) is 18.2 Å². The largest absolute Gasteiger partial charge is 0.309 e. The number of pyridine rings is 3. The van der Waals surface area contributed by atoms with Gasteiger partial charge in [0, 0.05) is 48.3 Å². The Bertz CT molecular complexity index is 2410. The van der Waals surface area contributed by atoms with E-state index >= 15 is 0 Å². The van der Waals surface area contributed by atoms with Gasteiger partial charge in [0.1, 0.15) is 18.2 Å². The highest BCUT2D eigenvalue weighted by atomic mass is 79.9. The predicted octanol–water partition coefficient (Wildman–Crippen LogP) is 10.4. The lowest BCUT2D eigenvalue weighted by molar-refractivity contribution is 0.0954. The van der Waals surface area contributed by atoms with Crippen LogP contribution in [-0.4, -0.2) is 30.6 Å². The van der Waals surface area contributed by atoms with Crippen molar-refractivity contribution in [3.63, 3.8) is 0 Å². The molecule has 3 aliphatic rings. The molecule has 6 aromatic heterocycles. The minimum Gasteiger partial charge on any atom is -0.309 e. The Morgan fingerprint density at radius 2 is 0.741 bits per heavy atom. The molecule has 6 aromatic rings. The van der Waals surface area contributed by atoms with Crippen LogP contribution in [0.25, 0.3) is 16.6 Å². The quantitative estimate of drug-likeness (QED) is 0.153. The zero-order chi connectivity index (χ0) is 38.6. The van der Waals surface area contributed by atoms with E-state index in [0.29, 0.717) is 33.8 Å². The van der Waals surface area contributed by atoms with Crippen LogP contribution in [0.1, 0.15) is 104 Å². The van der Waals surface area contributed by atoms with Crippen LogP contribution >= 0.6 is 47.8 Å². The van der Waals surface area contributed by atoms with Crippen LogP contribution in [0.4, 0.5) is 0 Å². The molecule has 3 aliphatic carbocycles. The summed E-state index contributed by atoms with van der Waals surface area (Å²) in [4.78, 5) is 36.8. The maximum absolute atomic E-state index is 12.3. The second-order valence-electron chi connectivity index (χ2n) is 14.1. The Morgan fingerprint density at radius 3 is 0.944 bits per heavy atom. The maximum Gasteiger partial charge on any atom is 0.182 e. The van der Waals surface area contributed by atoms with Crippen molar-refractivity contribution in [1.82, 2.24) is 13.2 Å². The van der Waals surface area contributed by atoms with Crippen molar-refractivity contribution in [2.75, 3.05) is 0 Å². The van der Waals surface area contributed by atoms with Gasteiger partial charge in [0.2, 0.25) is 0 Å². The molecule has 0 atom stereocenters. The third-order valence-electron chi connectivity index (χ3n) is 10.1. The fourth-order valence-corrected chi connectivity index (χ4v) is 8.41. The van der Waals surface area contributed by atoms with E-state index < -0.39 is 0 Å². The minimum absolute atomic E-state index is 0.160. The summed E-state index contributed by atoms with van der Waals surface area (Å²) in [6.45, 7) is 5.85. The first-order valence-electron chi connectivity index (χ1n) is 17.6. The molecule has 0 N–H and O–H groups in total. The molecule has 270 valence electrons. The van der Waals surface area contributed by atoms with Gasteiger partial charge in [-0.05, 0) is 162 Å². The number of Topliss-reactive ketones (excluding diaryl/α,β-unsaturated/α-hetero) is 3. The van der Waals surface area contributed by atoms with Gasteiger partial charge in [-0.25, -0.2) is 0 Å². The van der Waals surface area contributed by atoms with Gasteiger partial charge in [-0.15, -0.1) is 0 Å². The molecule has 9 rings (SSSR count). The number of hydrogen-bond donors (Lipinski definition) is 0. The smallest absolute Gasteiger partial charge is 0.182 e. The second kappa shape index (κ2) is 14.8. The van der Waals surface area contributed by atoms with E-state index in [-0.39, 0.29) is 35.1 Å². The van der Waals surface area contributed by atoms with Gasteiger partial charge in [0.05, 0.1) is 50.3 Å². The highest BCUT2D eigenvalue weighted by Gasteiger charge is 2.35. The summed E-state index contributed by atoms with van der Waals surface area (Å²) in [5, 5.41) is 27.6. The summed E-state index contributed by atoms with van der Waals surface area (Å²) >= 11 is 10.4. The van der Waals surface area contributed by atoms with Gasteiger partial charge in [-0.3, -0.25) is 14.4 Å². The van der Waals surface area contributed by atoms with Crippen molar-refractivity contribution in [2.45, 2.75) is 59.3 Å². The molecule has 0 spiro atoms. The molecule has 0 aliphatic heterocycles. The highest BCUT2D eigenvalue weighted by Crippen LogP contribution is 2.38. The average molecular weight is 909 g/mol. The van der Waals surface area contributed by atoms with Crippen LogP contribution in [0.3, 0.4) is 0 Å². The standard InChI is InChI=1S/3C14H11BrN2O/c3*1-8-2-5-11(15)13-10(7-16)6-12(17(8)13)14(18)9-3-4-9/h3*2,5-6,9H,3-4H2,1H3. The SMILES string of the molecule is Cc1ccc(Br)c2c(C#N)cc(C(=O)C3CC3)n12.Cc1ccc(Br)c2c(C#N)cc(C(=O)C3CC3)n12.Cc1ccc(Br)c2c(C#N)cc(C(=O)C3CC3)n12. The average Bonchev–Trinajstić information content (AvgIpc) is 4.09. The molecule has 12 heteroatoms. The number of nitrogens with zero attached hydrogens (tertiary/aromatic N) is 6. The van der Waals surface area contributed by atoms with Crippen molar-refractivity contribution in [1.29, 1.82) is 15.8 Å². The van der Waals surface area contributed by atoms with Crippen LogP contribution in [0.2, 0.25) is 0 Å². The first-order chi connectivity index (χ1) is 25.9. The molecule has 3 saturated carbocycles. The molecule has 0 bridgehead atoms. The molecular weight excluding hydrogens is 876 g/mol. The number of hydrogen-bond acceptors (Lipinski definition) is 6. The molecule has 0 saturated heterocycles. The number of halogens is 3. The van der Waals surface area contributed by atoms with Crippen molar-refractivity contribution in [2.24, 2.45) is 17.8 Å². The van der Waals surface area contributed by atoms with Crippen LogP contribution in [0, 0.1) is 72.5 Å². The minimum atomic E-state index is 0.160. The van der Waals surface area contributed by atoms with E-state index in [1.807, 2.05) is 70.4 Å². The fraction of sp³-hybridized carbons (Fsp3) is 0.286. The second-order valence-corrected chi connectivity index (χ2v) is 16.7. The van der Waals surface area contributed by atoms with Gasteiger partial charge >= 0.3 is 0 Å². The summed E-state index contributed by atoms with van der Waals surface area (Å²) in [6, 6.07) is 23.2. The molecule has 54 heavy (non-hydrogen) atoms. The Kier molecular flexibility index (Phi) is 10.3. The summed E-state index contributed by atoms with van der Waals surface area (Å²) in [6.07, 6.45) is 5.84. The summed E-state index contributed by atoms with van der Waals surface area (Å²) in [5.41, 5.74) is 8.87. The molecule has 0 amide bonds. The van der Waals surface area contributed by atoms with Crippen LogP contribution in [0.5, 0.6) is 0 Å². The normalized spacial score (nSPS) is 14.7. The van der Waals surface area contributed by atoms with Gasteiger partial charge in [0.25, 0.3) is 0 Å². The Balaban J connectivity index is 0.000000125.